The zero-order valence-corrected chi connectivity index (χ0v) is 20.6. The number of halogens is 2. The first-order valence-corrected chi connectivity index (χ1v) is 13.2. The van der Waals surface area contributed by atoms with Crippen molar-refractivity contribution >= 4 is 15.9 Å². The van der Waals surface area contributed by atoms with Gasteiger partial charge in [0.25, 0.3) is 0 Å². The number of likely N-dealkylation sites (N-methyl/N-ethyl adjacent to an activating group) is 1. The van der Waals surface area contributed by atoms with Crippen LogP contribution in [0.4, 0.5) is 8.78 Å². The second kappa shape index (κ2) is 10.6. The molecule has 1 amide bonds. The summed E-state index contributed by atoms with van der Waals surface area (Å²) in [7, 11) is -2.45. The van der Waals surface area contributed by atoms with Gasteiger partial charge in [0.2, 0.25) is 15.9 Å². The Morgan fingerprint density at radius 2 is 1.63 bits per heavy atom. The highest BCUT2D eigenvalue weighted by molar-refractivity contribution is 7.89. The first kappa shape index (κ1) is 25.5. The van der Waals surface area contributed by atoms with Gasteiger partial charge in [-0.1, -0.05) is 24.3 Å². The Bertz CT molecular complexity index is 1120. The summed E-state index contributed by atoms with van der Waals surface area (Å²) in [6, 6.07) is 12.1. The van der Waals surface area contributed by atoms with E-state index in [1.54, 1.807) is 17.0 Å². The summed E-state index contributed by atoms with van der Waals surface area (Å²) in [5.74, 6) is -1.71. The number of nitrogens with zero attached hydrogens (tertiary/aromatic N) is 3. The lowest BCUT2D eigenvalue weighted by atomic mass is 9.78. The predicted molar refractivity (Wildman–Crippen MR) is 127 cm³/mol. The number of carbonyl (C=O) groups is 1. The van der Waals surface area contributed by atoms with Gasteiger partial charge in [-0.3, -0.25) is 4.79 Å². The zero-order valence-electron chi connectivity index (χ0n) is 19.8. The summed E-state index contributed by atoms with van der Waals surface area (Å²) in [5.41, 5.74) is -0.830. The van der Waals surface area contributed by atoms with E-state index < -0.39 is 32.0 Å². The van der Waals surface area contributed by atoms with Gasteiger partial charge in [0, 0.05) is 51.1 Å². The van der Waals surface area contributed by atoms with Crippen LogP contribution in [-0.4, -0.2) is 81.4 Å². The molecule has 2 saturated heterocycles. The van der Waals surface area contributed by atoms with Gasteiger partial charge in [-0.05, 0) is 44.2 Å². The number of amides is 1. The number of rotatable bonds is 7. The van der Waals surface area contributed by atoms with Crippen molar-refractivity contribution < 1.29 is 26.7 Å². The molecule has 2 aliphatic rings. The number of carbonyl (C=O) groups excluding carboxylic acids is 1. The molecule has 2 fully saturated rings. The van der Waals surface area contributed by atoms with Crippen LogP contribution in [0.1, 0.15) is 19.3 Å². The third-order valence-corrected chi connectivity index (χ3v) is 8.71. The van der Waals surface area contributed by atoms with Crippen LogP contribution >= 0.6 is 0 Å². The maximum Gasteiger partial charge on any atom is 0.248 e. The number of para-hydroxylation sites is 1. The van der Waals surface area contributed by atoms with Crippen molar-refractivity contribution in [3.63, 3.8) is 0 Å². The maximum absolute atomic E-state index is 14.4. The van der Waals surface area contributed by atoms with Gasteiger partial charge in [-0.15, -0.1) is 0 Å². The normalized spacial score (nSPS) is 22.2. The van der Waals surface area contributed by atoms with Crippen LogP contribution < -0.4 is 4.74 Å². The summed E-state index contributed by atoms with van der Waals surface area (Å²) in [6.45, 7) is 2.92. The zero-order chi connectivity index (χ0) is 25.1. The SMILES string of the molecule is CN1CCN(C(=O)C[C@@]2(COc3ccccc3)CCCN(S(=O)(=O)c3c(F)cccc3F)C2)CC1. The molecule has 0 radical (unpaired) electrons. The lowest BCUT2D eigenvalue weighted by Gasteiger charge is -2.43. The molecule has 7 nitrogen and oxygen atoms in total. The number of piperidine rings is 1. The number of benzene rings is 2. The summed E-state index contributed by atoms with van der Waals surface area (Å²) in [6.07, 6.45) is 1.10. The average Bonchev–Trinajstić information content (AvgIpc) is 2.84. The minimum Gasteiger partial charge on any atom is -0.493 e. The van der Waals surface area contributed by atoms with Crippen LogP contribution in [0.15, 0.2) is 53.4 Å². The van der Waals surface area contributed by atoms with E-state index >= 15 is 0 Å². The van der Waals surface area contributed by atoms with E-state index in [1.807, 2.05) is 25.2 Å². The Morgan fingerprint density at radius 3 is 2.29 bits per heavy atom. The average molecular weight is 508 g/mol. The van der Waals surface area contributed by atoms with Crippen molar-refractivity contribution in [2.75, 3.05) is 52.9 Å². The van der Waals surface area contributed by atoms with Gasteiger partial charge >= 0.3 is 0 Å². The van der Waals surface area contributed by atoms with Crippen molar-refractivity contribution in [3.05, 3.63) is 60.2 Å². The first-order valence-electron chi connectivity index (χ1n) is 11.8. The second-order valence-corrected chi connectivity index (χ2v) is 11.3. The molecule has 4 rings (SSSR count). The third-order valence-electron chi connectivity index (χ3n) is 6.81. The van der Waals surface area contributed by atoms with Crippen molar-refractivity contribution in [1.82, 2.24) is 14.1 Å². The van der Waals surface area contributed by atoms with Gasteiger partial charge in [-0.25, -0.2) is 17.2 Å². The molecule has 0 bridgehead atoms. The van der Waals surface area contributed by atoms with E-state index in [0.29, 0.717) is 31.7 Å². The summed E-state index contributed by atoms with van der Waals surface area (Å²) < 4.78 is 62.6. The van der Waals surface area contributed by atoms with E-state index in [1.165, 1.54) is 0 Å². The molecule has 10 heteroatoms. The largest absolute Gasteiger partial charge is 0.493 e. The molecule has 2 aromatic rings. The van der Waals surface area contributed by atoms with Crippen molar-refractivity contribution in [2.24, 2.45) is 5.41 Å². The molecule has 1 atom stereocenters. The van der Waals surface area contributed by atoms with Crippen LogP contribution in [0, 0.1) is 17.0 Å². The Labute approximate surface area is 205 Å². The summed E-state index contributed by atoms with van der Waals surface area (Å²) >= 11 is 0. The molecule has 2 aliphatic heterocycles. The summed E-state index contributed by atoms with van der Waals surface area (Å²) in [4.78, 5) is 16.3. The fourth-order valence-corrected chi connectivity index (χ4v) is 6.48. The number of piperazine rings is 1. The molecule has 2 aromatic carbocycles. The molecular weight excluding hydrogens is 476 g/mol. The topological polar surface area (TPSA) is 70.2 Å². The molecule has 35 heavy (non-hydrogen) atoms. The molecular formula is C25H31F2N3O4S. The number of hydrogen-bond donors (Lipinski definition) is 0. The second-order valence-electron chi connectivity index (χ2n) is 9.46. The van der Waals surface area contributed by atoms with E-state index in [2.05, 4.69) is 4.90 Å². The molecule has 0 N–H and O–H groups in total. The highest BCUT2D eigenvalue weighted by Gasteiger charge is 2.44. The monoisotopic (exact) mass is 507 g/mol. The van der Waals surface area contributed by atoms with Crippen LogP contribution in [-0.2, 0) is 14.8 Å². The summed E-state index contributed by atoms with van der Waals surface area (Å²) in [5, 5.41) is 0. The molecule has 0 saturated carbocycles. The van der Waals surface area contributed by atoms with E-state index in [4.69, 9.17) is 4.74 Å². The Kier molecular flexibility index (Phi) is 7.73. The fraction of sp³-hybridized carbons (Fsp3) is 0.480. The van der Waals surface area contributed by atoms with Crippen molar-refractivity contribution in [3.8, 4) is 5.75 Å². The Morgan fingerprint density at radius 1 is 0.971 bits per heavy atom. The van der Waals surface area contributed by atoms with Gasteiger partial charge in [0.1, 0.15) is 17.4 Å². The quantitative estimate of drug-likeness (QED) is 0.577. The maximum atomic E-state index is 14.4. The van der Waals surface area contributed by atoms with Crippen molar-refractivity contribution in [1.29, 1.82) is 0 Å². The third kappa shape index (κ3) is 5.82. The van der Waals surface area contributed by atoms with E-state index in [0.717, 1.165) is 35.6 Å². The molecule has 0 aliphatic carbocycles. The first-order chi connectivity index (χ1) is 16.7. The molecule has 0 unspecified atom stereocenters. The minimum absolute atomic E-state index is 0.0601. The van der Waals surface area contributed by atoms with Crippen LogP contribution in [0.25, 0.3) is 0 Å². The number of ether oxygens (including phenoxy) is 1. The molecule has 2 heterocycles. The molecule has 0 spiro atoms. The number of sulfonamides is 1. The lowest BCUT2D eigenvalue weighted by Crippen LogP contribution is -2.53. The predicted octanol–water partition coefficient (Wildman–Crippen LogP) is 2.98. The van der Waals surface area contributed by atoms with E-state index in [-0.39, 0.29) is 32.0 Å². The van der Waals surface area contributed by atoms with Crippen LogP contribution in [0.2, 0.25) is 0 Å². The Hall–Kier alpha value is -2.56. The van der Waals surface area contributed by atoms with Crippen LogP contribution in [0.3, 0.4) is 0 Å². The van der Waals surface area contributed by atoms with E-state index in [9.17, 15) is 22.0 Å². The highest BCUT2D eigenvalue weighted by atomic mass is 32.2. The standard InChI is InChI=1S/C25H31F2N3O4S/c1-28-13-15-29(16-14-28)23(31)17-25(19-34-20-7-3-2-4-8-20)11-6-12-30(18-25)35(32,33)24-21(26)9-5-10-22(24)27/h2-5,7-10H,6,11-19H2,1H3/t25-/m0/s1. The molecule has 0 aromatic heterocycles. The Balaban J connectivity index is 1.60. The fourth-order valence-electron chi connectivity index (χ4n) is 4.78. The molecule has 190 valence electrons. The lowest BCUT2D eigenvalue weighted by molar-refractivity contribution is -0.136. The van der Waals surface area contributed by atoms with Gasteiger partial charge in [0.15, 0.2) is 4.90 Å². The minimum atomic E-state index is -4.45. The number of hydrogen-bond acceptors (Lipinski definition) is 5. The van der Waals surface area contributed by atoms with Gasteiger partial charge < -0.3 is 14.5 Å². The van der Waals surface area contributed by atoms with Gasteiger partial charge in [-0.2, -0.15) is 4.31 Å². The van der Waals surface area contributed by atoms with Gasteiger partial charge in [0.05, 0.1) is 6.61 Å². The van der Waals surface area contributed by atoms with Crippen molar-refractivity contribution in [2.45, 2.75) is 24.2 Å². The van der Waals surface area contributed by atoms with Crippen LogP contribution in [0.5, 0.6) is 5.75 Å². The highest BCUT2D eigenvalue weighted by Crippen LogP contribution is 2.38. The smallest absolute Gasteiger partial charge is 0.248 e.